The SMILES string of the molecule is BC/C(=C(B)\C(B)=C(/C#C)N(C/C(B)=C(B)\C(=C(\B)C#C)c1cccc2ccccc12)c1cccc(-c2ccccc2)c1-c1ccccc1-c1ccccc1)c1cccc2ccccc12. The molecule has 0 aliphatic heterocycles. The molecule has 8 aromatic carbocycles. The predicted octanol–water partition coefficient (Wildman–Crippen LogP) is 8.53. The van der Waals surface area contributed by atoms with Crippen LogP contribution in [0.3, 0.4) is 0 Å². The van der Waals surface area contributed by atoms with Gasteiger partial charge in [0.25, 0.3) is 0 Å². The molecule has 65 heavy (non-hydrogen) atoms. The molecule has 0 N–H and O–H groups in total. The van der Waals surface area contributed by atoms with Crippen molar-refractivity contribution < 1.29 is 0 Å². The summed E-state index contributed by atoms with van der Waals surface area (Å²) in [6, 6.07) is 67.1. The maximum atomic E-state index is 6.89. The topological polar surface area (TPSA) is 3.24 Å². The van der Waals surface area contributed by atoms with Crippen molar-refractivity contribution in [2.75, 3.05) is 11.4 Å². The third-order valence-corrected chi connectivity index (χ3v) is 13.0. The van der Waals surface area contributed by atoms with E-state index in [1.165, 1.54) is 38.2 Å². The summed E-state index contributed by atoms with van der Waals surface area (Å²) in [5.41, 5.74) is 18.7. The first-order valence-corrected chi connectivity index (χ1v) is 22.5. The van der Waals surface area contributed by atoms with Gasteiger partial charge in [0.05, 0.1) is 11.4 Å². The van der Waals surface area contributed by atoms with Gasteiger partial charge in [0.1, 0.15) is 39.2 Å². The zero-order valence-corrected chi connectivity index (χ0v) is 38.4. The van der Waals surface area contributed by atoms with E-state index in [-0.39, 0.29) is 0 Å². The molecule has 304 valence electrons. The lowest BCUT2D eigenvalue weighted by Gasteiger charge is -2.32. The van der Waals surface area contributed by atoms with Gasteiger partial charge in [0.15, 0.2) is 7.85 Å². The largest absolute Gasteiger partial charge is 0.331 e. The summed E-state index contributed by atoms with van der Waals surface area (Å²) in [6.07, 6.45) is 14.0. The quantitative estimate of drug-likeness (QED) is 0.0679. The van der Waals surface area contributed by atoms with E-state index in [0.717, 1.165) is 84.1 Å². The smallest absolute Gasteiger partial charge is 0.151 e. The van der Waals surface area contributed by atoms with Crippen LogP contribution in [-0.2, 0) is 0 Å². The summed E-state index contributed by atoms with van der Waals surface area (Å²) in [6.45, 7) is 0.510. The van der Waals surface area contributed by atoms with Crippen LogP contribution in [0.5, 0.6) is 0 Å². The second-order valence-electron chi connectivity index (χ2n) is 16.7. The highest BCUT2D eigenvalue weighted by Crippen LogP contribution is 2.46. The summed E-state index contributed by atoms with van der Waals surface area (Å²) in [5.74, 6) is 6.33. The van der Waals surface area contributed by atoms with Crippen LogP contribution < -0.4 is 4.90 Å². The van der Waals surface area contributed by atoms with Gasteiger partial charge >= 0.3 is 0 Å². The number of allylic oxidation sites excluding steroid dienone is 7. The van der Waals surface area contributed by atoms with Gasteiger partial charge in [-0.1, -0.05) is 228 Å². The minimum absolute atomic E-state index is 0.510. The minimum Gasteiger partial charge on any atom is -0.331 e. The molecular weight excluding hydrogens is 776 g/mol. The van der Waals surface area contributed by atoms with E-state index in [1.807, 2.05) is 0 Å². The fourth-order valence-electron chi connectivity index (χ4n) is 9.47. The molecule has 0 radical (unpaired) electrons. The number of hydrogen-bond donors (Lipinski definition) is 0. The summed E-state index contributed by atoms with van der Waals surface area (Å²) in [4.78, 5) is 2.39. The van der Waals surface area contributed by atoms with Crippen LogP contribution in [0.2, 0.25) is 6.32 Å². The highest BCUT2D eigenvalue weighted by molar-refractivity contribution is 6.43. The van der Waals surface area contributed by atoms with Gasteiger partial charge in [-0.2, -0.15) is 0 Å². The lowest BCUT2D eigenvalue weighted by molar-refractivity contribution is 1.03. The second kappa shape index (κ2) is 19.9. The van der Waals surface area contributed by atoms with Gasteiger partial charge in [0, 0.05) is 12.1 Å². The van der Waals surface area contributed by atoms with E-state index in [4.69, 9.17) is 12.8 Å². The Kier molecular flexibility index (Phi) is 13.5. The molecule has 1 nitrogen and oxygen atoms in total. The predicted molar refractivity (Wildman–Crippen MR) is 300 cm³/mol. The van der Waals surface area contributed by atoms with Crippen molar-refractivity contribution >= 4 is 85.5 Å². The van der Waals surface area contributed by atoms with Crippen molar-refractivity contribution in [2.24, 2.45) is 0 Å². The Bertz CT molecular complexity index is 3280. The highest BCUT2D eigenvalue weighted by atomic mass is 15.1. The average Bonchev–Trinajstić information content (AvgIpc) is 3.36. The number of terminal acetylenes is 2. The van der Waals surface area contributed by atoms with Gasteiger partial charge in [-0.25, -0.2) is 0 Å². The van der Waals surface area contributed by atoms with Crippen molar-refractivity contribution in [3.63, 3.8) is 0 Å². The van der Waals surface area contributed by atoms with Gasteiger partial charge in [-0.15, -0.1) is 12.8 Å². The number of anilines is 1. The van der Waals surface area contributed by atoms with E-state index in [0.29, 0.717) is 6.54 Å². The monoisotopic (exact) mass is 825 g/mol. The zero-order valence-electron chi connectivity index (χ0n) is 38.4. The normalized spacial score (nSPS) is 12.8. The van der Waals surface area contributed by atoms with E-state index in [9.17, 15) is 0 Å². The molecule has 0 spiro atoms. The van der Waals surface area contributed by atoms with Crippen molar-refractivity contribution in [1.82, 2.24) is 0 Å². The highest BCUT2D eigenvalue weighted by Gasteiger charge is 2.25. The van der Waals surface area contributed by atoms with Crippen LogP contribution >= 0.6 is 0 Å². The Labute approximate surface area is 391 Å². The molecule has 8 rings (SSSR count). The first-order valence-electron chi connectivity index (χ1n) is 22.5. The molecule has 0 saturated carbocycles. The van der Waals surface area contributed by atoms with Crippen LogP contribution in [0.25, 0.3) is 66.1 Å². The van der Waals surface area contributed by atoms with Crippen LogP contribution in [0.4, 0.5) is 5.69 Å². The molecule has 0 unspecified atom stereocenters. The number of hydrogen-bond acceptors (Lipinski definition) is 1. The molecule has 0 aliphatic carbocycles. The van der Waals surface area contributed by atoms with Crippen molar-refractivity contribution in [3.8, 4) is 58.1 Å². The van der Waals surface area contributed by atoms with Gasteiger partial charge in [-0.05, 0) is 77.6 Å². The number of rotatable bonds is 12. The van der Waals surface area contributed by atoms with E-state index >= 15 is 0 Å². The van der Waals surface area contributed by atoms with Crippen LogP contribution in [-0.4, -0.2) is 53.6 Å². The van der Waals surface area contributed by atoms with Gasteiger partial charge in [-0.3, -0.25) is 0 Å². The molecule has 0 atom stereocenters. The molecule has 0 saturated heterocycles. The maximum absolute atomic E-state index is 6.89. The third-order valence-electron chi connectivity index (χ3n) is 13.0. The summed E-state index contributed by atoms with van der Waals surface area (Å²) >= 11 is 0. The Balaban J connectivity index is 1.44. The maximum Gasteiger partial charge on any atom is 0.151 e. The number of nitrogens with zero attached hydrogens (tertiary/aromatic N) is 1. The lowest BCUT2D eigenvalue weighted by Crippen LogP contribution is -2.28. The fourth-order valence-corrected chi connectivity index (χ4v) is 9.47. The Hall–Kier alpha value is -7.45. The van der Waals surface area contributed by atoms with Crippen LogP contribution in [0.15, 0.2) is 221 Å². The van der Waals surface area contributed by atoms with Crippen molar-refractivity contribution in [3.05, 3.63) is 232 Å². The molecule has 0 fully saturated rings. The summed E-state index contributed by atoms with van der Waals surface area (Å²) < 4.78 is 0. The number of benzene rings is 8. The zero-order chi connectivity index (χ0) is 45.5. The van der Waals surface area contributed by atoms with E-state index in [2.05, 4.69) is 252 Å². The molecule has 0 amide bonds. The first kappa shape index (κ1) is 44.2. The summed E-state index contributed by atoms with van der Waals surface area (Å²) in [7, 11) is 13.2. The number of fused-ring (bicyclic) bond motifs is 2. The van der Waals surface area contributed by atoms with E-state index < -0.39 is 0 Å². The van der Waals surface area contributed by atoms with Gasteiger partial charge in [0.2, 0.25) is 0 Å². The molecule has 0 heterocycles. The second-order valence-corrected chi connectivity index (χ2v) is 16.7. The average molecular weight is 825 g/mol. The van der Waals surface area contributed by atoms with Crippen molar-refractivity contribution in [2.45, 2.75) is 6.32 Å². The van der Waals surface area contributed by atoms with E-state index in [1.54, 1.807) is 0 Å². The van der Waals surface area contributed by atoms with Gasteiger partial charge < -0.3 is 4.90 Å². The molecular formula is C58H49B6N. The minimum atomic E-state index is 0.510. The Morgan fingerprint density at radius 1 is 0.462 bits per heavy atom. The summed E-state index contributed by atoms with van der Waals surface area (Å²) in [5, 5.41) is 4.80. The fraction of sp³-hybridized carbons (Fsp3) is 0.0345. The lowest BCUT2D eigenvalue weighted by atomic mass is 9.69. The van der Waals surface area contributed by atoms with Crippen LogP contribution in [0, 0.1) is 24.7 Å². The Morgan fingerprint density at radius 2 is 0.954 bits per heavy atom. The molecule has 0 bridgehead atoms. The Morgan fingerprint density at radius 3 is 1.55 bits per heavy atom. The standard InChI is InChI=1S/C58H49B6N/c1-3-50(60)55(48-34-18-27-40-25-12-14-29-44(40)48)57(63)51(61)37-65(52(4-2)58(64)56(62)49(36-59)46-33-17-26-39-24-11-13-28-42(39)46)53-35-19-32-45(41-22-9-6-10-23-41)54(53)47-31-16-15-30-43(47)38-20-7-5-8-21-38/h1-2,5-35H,36-37,59-64H2/b55-50+,56-49-,57-51-,58-52-. The third kappa shape index (κ3) is 8.89. The van der Waals surface area contributed by atoms with Crippen LogP contribution in [0.1, 0.15) is 11.1 Å². The molecule has 0 aliphatic rings. The first-order chi connectivity index (χ1) is 31.7. The molecule has 0 aromatic heterocycles. The molecule has 7 heteroatoms. The molecule has 8 aromatic rings. The van der Waals surface area contributed by atoms with Crippen molar-refractivity contribution in [1.29, 1.82) is 0 Å².